The molecule has 1 heterocycles. The molecule has 104 valence electrons. The Bertz CT molecular complexity index is 470. The molecular formula is C13H15F3N2O. The molecule has 1 saturated heterocycles. The van der Waals surface area contributed by atoms with Gasteiger partial charge < -0.3 is 10.6 Å². The molecule has 19 heavy (non-hydrogen) atoms. The van der Waals surface area contributed by atoms with Gasteiger partial charge in [0.15, 0.2) is 0 Å². The molecular weight excluding hydrogens is 257 g/mol. The first-order valence-electron chi connectivity index (χ1n) is 6.15. The van der Waals surface area contributed by atoms with Gasteiger partial charge in [-0.1, -0.05) is 6.92 Å². The van der Waals surface area contributed by atoms with Crippen molar-refractivity contribution in [2.24, 2.45) is 5.92 Å². The lowest BCUT2D eigenvalue weighted by atomic mass is 9.94. The second-order valence-electron chi connectivity index (χ2n) is 4.79. The average molecular weight is 272 g/mol. The summed E-state index contributed by atoms with van der Waals surface area (Å²) in [5, 5.41) is 5.68. The van der Waals surface area contributed by atoms with Crippen LogP contribution >= 0.6 is 0 Å². The minimum Gasteiger partial charge on any atom is -0.348 e. The van der Waals surface area contributed by atoms with E-state index in [1.807, 2.05) is 6.92 Å². The number of halogens is 3. The van der Waals surface area contributed by atoms with Gasteiger partial charge in [-0.05, 0) is 18.9 Å². The van der Waals surface area contributed by atoms with Crippen molar-refractivity contribution in [1.82, 2.24) is 10.6 Å². The Kier molecular flexibility index (Phi) is 4.09. The number of hydrogen-bond donors (Lipinski definition) is 2. The van der Waals surface area contributed by atoms with Crippen LogP contribution in [0.1, 0.15) is 23.7 Å². The van der Waals surface area contributed by atoms with Crippen molar-refractivity contribution in [2.45, 2.75) is 19.4 Å². The number of rotatable bonds is 2. The van der Waals surface area contributed by atoms with Crippen LogP contribution in [0.5, 0.6) is 0 Å². The second kappa shape index (κ2) is 5.61. The average Bonchev–Trinajstić information content (AvgIpc) is 2.30. The zero-order valence-corrected chi connectivity index (χ0v) is 10.5. The van der Waals surface area contributed by atoms with Gasteiger partial charge in [-0.3, -0.25) is 4.79 Å². The third-order valence-corrected chi connectivity index (χ3v) is 3.38. The molecule has 2 rings (SSSR count). The minimum atomic E-state index is -1.19. The van der Waals surface area contributed by atoms with E-state index < -0.39 is 28.9 Å². The highest BCUT2D eigenvalue weighted by Crippen LogP contribution is 2.17. The number of hydrogen-bond acceptors (Lipinski definition) is 2. The molecule has 2 unspecified atom stereocenters. The Balaban J connectivity index is 2.16. The summed E-state index contributed by atoms with van der Waals surface area (Å²) in [4.78, 5) is 11.9. The smallest absolute Gasteiger partial charge is 0.257 e. The molecule has 0 aromatic heterocycles. The zero-order valence-electron chi connectivity index (χ0n) is 10.5. The summed E-state index contributed by atoms with van der Waals surface area (Å²) in [6.45, 7) is 3.37. The molecule has 0 spiro atoms. The first kappa shape index (κ1) is 13.9. The van der Waals surface area contributed by atoms with Crippen LogP contribution in [0, 0.1) is 23.4 Å². The third-order valence-electron chi connectivity index (χ3n) is 3.38. The van der Waals surface area contributed by atoms with Crippen LogP contribution in [0.25, 0.3) is 0 Å². The summed E-state index contributed by atoms with van der Waals surface area (Å²) in [7, 11) is 0. The summed E-state index contributed by atoms with van der Waals surface area (Å²) in [5.74, 6) is -4.05. The largest absolute Gasteiger partial charge is 0.348 e. The lowest BCUT2D eigenvalue weighted by Gasteiger charge is -2.30. The van der Waals surface area contributed by atoms with E-state index >= 15 is 0 Å². The molecule has 1 fully saturated rings. The van der Waals surface area contributed by atoms with E-state index in [1.54, 1.807) is 0 Å². The van der Waals surface area contributed by atoms with Crippen molar-refractivity contribution in [2.75, 3.05) is 13.1 Å². The van der Waals surface area contributed by atoms with Crippen molar-refractivity contribution in [1.29, 1.82) is 0 Å². The molecule has 0 radical (unpaired) electrons. The molecule has 2 N–H and O–H groups in total. The Labute approximate surface area is 109 Å². The number of carbonyl (C=O) groups is 1. The zero-order chi connectivity index (χ0) is 14.0. The monoisotopic (exact) mass is 272 g/mol. The van der Waals surface area contributed by atoms with E-state index in [1.165, 1.54) is 0 Å². The van der Waals surface area contributed by atoms with Crippen LogP contribution in [0.15, 0.2) is 12.1 Å². The molecule has 0 bridgehead atoms. The van der Waals surface area contributed by atoms with Crippen LogP contribution < -0.4 is 10.6 Å². The fourth-order valence-corrected chi connectivity index (χ4v) is 2.18. The maximum absolute atomic E-state index is 13.5. The van der Waals surface area contributed by atoms with Crippen molar-refractivity contribution in [3.05, 3.63) is 35.1 Å². The van der Waals surface area contributed by atoms with Crippen LogP contribution in [0.4, 0.5) is 13.2 Å². The topological polar surface area (TPSA) is 41.1 Å². The lowest BCUT2D eigenvalue weighted by Crippen LogP contribution is -2.50. The molecule has 0 aliphatic carbocycles. The maximum Gasteiger partial charge on any atom is 0.257 e. The van der Waals surface area contributed by atoms with E-state index in [4.69, 9.17) is 0 Å². The SMILES string of the molecule is CC1CCNCC1NC(=O)c1c(F)cc(F)cc1F. The van der Waals surface area contributed by atoms with Gasteiger partial charge in [0.25, 0.3) is 5.91 Å². The molecule has 1 aromatic rings. The number of nitrogens with one attached hydrogen (secondary N) is 2. The number of carbonyl (C=O) groups excluding carboxylic acids is 1. The van der Waals surface area contributed by atoms with Crippen molar-refractivity contribution < 1.29 is 18.0 Å². The fraction of sp³-hybridized carbons (Fsp3) is 0.462. The molecule has 3 nitrogen and oxygen atoms in total. The molecule has 1 aliphatic heterocycles. The van der Waals surface area contributed by atoms with E-state index in [-0.39, 0.29) is 12.0 Å². The summed E-state index contributed by atoms with van der Waals surface area (Å²) >= 11 is 0. The predicted molar refractivity (Wildman–Crippen MR) is 64.2 cm³/mol. The van der Waals surface area contributed by atoms with Gasteiger partial charge in [0.05, 0.1) is 0 Å². The van der Waals surface area contributed by atoms with Crippen LogP contribution in [-0.4, -0.2) is 25.0 Å². The van der Waals surface area contributed by atoms with E-state index in [0.717, 1.165) is 13.0 Å². The van der Waals surface area contributed by atoms with Crippen molar-refractivity contribution >= 4 is 5.91 Å². The van der Waals surface area contributed by atoms with E-state index in [0.29, 0.717) is 18.7 Å². The summed E-state index contributed by atoms with van der Waals surface area (Å²) in [6.07, 6.45) is 0.874. The number of piperidine rings is 1. The Morgan fingerprint density at radius 1 is 1.32 bits per heavy atom. The van der Waals surface area contributed by atoms with Crippen molar-refractivity contribution in [3.63, 3.8) is 0 Å². The second-order valence-corrected chi connectivity index (χ2v) is 4.79. The highest BCUT2D eigenvalue weighted by atomic mass is 19.1. The molecule has 0 saturated carbocycles. The summed E-state index contributed by atoms with van der Waals surface area (Å²) in [6, 6.07) is 0.811. The molecule has 2 atom stereocenters. The molecule has 1 amide bonds. The van der Waals surface area contributed by atoms with Gasteiger partial charge in [-0.15, -0.1) is 0 Å². The van der Waals surface area contributed by atoms with Crippen molar-refractivity contribution in [3.8, 4) is 0 Å². The molecule has 6 heteroatoms. The van der Waals surface area contributed by atoms with Gasteiger partial charge in [0.1, 0.15) is 23.0 Å². The van der Waals surface area contributed by atoms with E-state index in [2.05, 4.69) is 10.6 Å². The third kappa shape index (κ3) is 3.07. The number of benzene rings is 1. The van der Waals surface area contributed by atoms with Gasteiger partial charge in [-0.25, -0.2) is 13.2 Å². The van der Waals surface area contributed by atoms with Crippen LogP contribution in [0.2, 0.25) is 0 Å². The van der Waals surface area contributed by atoms with Gasteiger partial charge >= 0.3 is 0 Å². The molecule has 1 aliphatic rings. The maximum atomic E-state index is 13.5. The van der Waals surface area contributed by atoms with Gasteiger partial charge in [0.2, 0.25) is 0 Å². The normalized spacial score (nSPS) is 23.2. The Morgan fingerprint density at radius 3 is 2.53 bits per heavy atom. The summed E-state index contributed by atoms with van der Waals surface area (Å²) < 4.78 is 39.7. The summed E-state index contributed by atoms with van der Waals surface area (Å²) in [5.41, 5.74) is -0.737. The van der Waals surface area contributed by atoms with E-state index in [9.17, 15) is 18.0 Å². The highest BCUT2D eigenvalue weighted by molar-refractivity contribution is 5.95. The highest BCUT2D eigenvalue weighted by Gasteiger charge is 2.26. The first-order chi connectivity index (χ1) is 8.99. The number of amides is 1. The van der Waals surface area contributed by atoms with Crippen LogP contribution in [0.3, 0.4) is 0 Å². The van der Waals surface area contributed by atoms with Gasteiger partial charge in [-0.2, -0.15) is 0 Å². The quantitative estimate of drug-likeness (QED) is 0.862. The van der Waals surface area contributed by atoms with Crippen LogP contribution in [-0.2, 0) is 0 Å². The standard InChI is InChI=1S/C13H15F3N2O/c1-7-2-3-17-6-11(7)18-13(19)12-9(15)4-8(14)5-10(12)16/h4-5,7,11,17H,2-3,6H2,1H3,(H,18,19). The molecule has 1 aromatic carbocycles. The Hall–Kier alpha value is -1.56. The minimum absolute atomic E-state index is 0.190. The Morgan fingerprint density at radius 2 is 1.95 bits per heavy atom. The van der Waals surface area contributed by atoms with Gasteiger partial charge in [0, 0.05) is 24.7 Å². The lowest BCUT2D eigenvalue weighted by molar-refractivity contribution is 0.0906. The first-order valence-corrected chi connectivity index (χ1v) is 6.15. The fourth-order valence-electron chi connectivity index (χ4n) is 2.18. The predicted octanol–water partition coefficient (Wildman–Crippen LogP) is 1.83.